The van der Waals surface area contributed by atoms with Crippen molar-refractivity contribution < 1.29 is 28.3 Å². The molecular weight excluding hydrogens is 606 g/mol. The summed E-state index contributed by atoms with van der Waals surface area (Å²) in [6.07, 6.45) is 0.0367. The third-order valence-electron chi connectivity index (χ3n) is 5.85. The lowest BCUT2D eigenvalue weighted by atomic mass is 10.0. The zero-order chi connectivity index (χ0) is 27.2. The van der Waals surface area contributed by atoms with Crippen LogP contribution in [0.2, 0.25) is 0 Å². The van der Waals surface area contributed by atoms with Gasteiger partial charge in [-0.15, -0.1) is 0 Å². The zero-order valence-electron chi connectivity index (χ0n) is 20.2. The molecule has 1 fully saturated rings. The van der Waals surface area contributed by atoms with Gasteiger partial charge < -0.3 is 20.7 Å². The Morgan fingerprint density at radius 2 is 1.76 bits per heavy atom. The normalized spacial score (nSPS) is 15.7. The molecule has 196 valence electrons. The minimum absolute atomic E-state index is 0.0367. The van der Waals surface area contributed by atoms with E-state index in [0.717, 1.165) is 10.5 Å². The Balaban J connectivity index is 1.58. The largest absolute Gasteiger partial charge is 0.375 e. The van der Waals surface area contributed by atoms with E-state index in [0.29, 0.717) is 14.8 Å². The highest BCUT2D eigenvalue weighted by Crippen LogP contribution is 2.27. The van der Waals surface area contributed by atoms with Crippen LogP contribution in [0.15, 0.2) is 72.8 Å². The second kappa shape index (κ2) is 12.1. The van der Waals surface area contributed by atoms with Crippen molar-refractivity contribution in [2.45, 2.75) is 18.5 Å². The molecule has 1 saturated heterocycles. The maximum atomic E-state index is 14.5. The van der Waals surface area contributed by atoms with Gasteiger partial charge in [0, 0.05) is 22.8 Å². The van der Waals surface area contributed by atoms with Crippen molar-refractivity contribution in [1.29, 1.82) is 0 Å². The van der Waals surface area contributed by atoms with Crippen LogP contribution in [0.5, 0.6) is 0 Å². The number of carbonyl (C=O) groups excluding carboxylic acids is 4. The summed E-state index contributed by atoms with van der Waals surface area (Å²) in [5, 5.41) is 7.80. The molecule has 0 unspecified atom stereocenters. The van der Waals surface area contributed by atoms with Gasteiger partial charge >= 0.3 is 6.03 Å². The fourth-order valence-corrected chi connectivity index (χ4v) is 4.50. The number of carbonyl (C=O) groups is 4. The van der Waals surface area contributed by atoms with E-state index in [-0.39, 0.29) is 24.6 Å². The number of imide groups is 1. The van der Waals surface area contributed by atoms with E-state index in [1.54, 1.807) is 54.6 Å². The van der Waals surface area contributed by atoms with Gasteiger partial charge in [-0.25, -0.2) is 14.1 Å². The molecule has 9 nitrogen and oxygen atoms in total. The molecule has 0 aromatic heterocycles. The quantitative estimate of drug-likeness (QED) is 0.246. The predicted molar refractivity (Wildman–Crippen MR) is 147 cm³/mol. The van der Waals surface area contributed by atoms with Gasteiger partial charge in [-0.2, -0.15) is 0 Å². The highest BCUT2D eigenvalue weighted by molar-refractivity contribution is 14.1. The number of benzene rings is 3. The monoisotopic (exact) mass is 630 g/mol. The first-order chi connectivity index (χ1) is 18.3. The van der Waals surface area contributed by atoms with Gasteiger partial charge in [0.05, 0.1) is 5.69 Å². The van der Waals surface area contributed by atoms with Gasteiger partial charge in [0.1, 0.15) is 24.5 Å². The Bertz CT molecular complexity index is 1350. The Labute approximate surface area is 231 Å². The smallest absolute Gasteiger partial charge is 0.325 e. The van der Waals surface area contributed by atoms with Crippen LogP contribution in [-0.2, 0) is 25.5 Å². The van der Waals surface area contributed by atoms with Crippen LogP contribution in [-0.4, -0.2) is 48.4 Å². The molecule has 0 spiro atoms. The molecule has 1 aliphatic rings. The molecule has 4 rings (SSSR count). The van der Waals surface area contributed by atoms with Crippen molar-refractivity contribution in [2.24, 2.45) is 0 Å². The number of hydrogen-bond donors (Lipinski definition) is 3. The molecule has 2 atom stereocenters. The van der Waals surface area contributed by atoms with Crippen LogP contribution in [0.4, 0.5) is 20.6 Å². The van der Waals surface area contributed by atoms with Gasteiger partial charge in [0.15, 0.2) is 0 Å². The van der Waals surface area contributed by atoms with Crippen LogP contribution in [0.25, 0.3) is 0 Å². The molecule has 0 bridgehead atoms. The lowest BCUT2D eigenvalue weighted by Crippen LogP contribution is -2.49. The number of amides is 5. The summed E-state index contributed by atoms with van der Waals surface area (Å²) in [5.74, 6) is -2.29. The van der Waals surface area contributed by atoms with Gasteiger partial charge in [0.2, 0.25) is 11.8 Å². The molecule has 11 heteroatoms. The second-order valence-electron chi connectivity index (χ2n) is 8.51. The SMILES string of the molecule is COCC(=O)Nc1ccc([C@H]2NC(=O)N([C@@H](Cc3ccccc3)C(=O)Nc3ccc(I)cc3F)C2=O)cc1. The van der Waals surface area contributed by atoms with Crippen molar-refractivity contribution in [3.8, 4) is 0 Å². The number of urea groups is 1. The molecule has 5 amide bonds. The summed E-state index contributed by atoms with van der Waals surface area (Å²) in [6.45, 7) is -0.106. The van der Waals surface area contributed by atoms with Crippen molar-refractivity contribution in [2.75, 3.05) is 24.4 Å². The van der Waals surface area contributed by atoms with Crippen molar-refractivity contribution in [3.63, 3.8) is 0 Å². The first-order valence-electron chi connectivity index (χ1n) is 11.6. The van der Waals surface area contributed by atoms with Crippen LogP contribution in [0.3, 0.4) is 0 Å². The molecule has 3 aromatic rings. The lowest BCUT2D eigenvalue weighted by Gasteiger charge is -2.25. The summed E-state index contributed by atoms with van der Waals surface area (Å²) >= 11 is 1.95. The van der Waals surface area contributed by atoms with Crippen molar-refractivity contribution >= 4 is 57.7 Å². The Morgan fingerprint density at radius 3 is 2.42 bits per heavy atom. The molecule has 1 aliphatic heterocycles. The zero-order valence-corrected chi connectivity index (χ0v) is 22.4. The first-order valence-corrected chi connectivity index (χ1v) is 12.7. The maximum Gasteiger partial charge on any atom is 0.325 e. The summed E-state index contributed by atoms with van der Waals surface area (Å²) in [6, 6.07) is 16.6. The maximum absolute atomic E-state index is 14.5. The number of anilines is 2. The molecule has 0 saturated carbocycles. The average Bonchev–Trinajstić information content (AvgIpc) is 3.19. The molecule has 0 radical (unpaired) electrons. The number of methoxy groups -OCH3 is 1. The summed E-state index contributed by atoms with van der Waals surface area (Å²) in [4.78, 5) is 52.5. The number of nitrogens with zero attached hydrogens (tertiary/aromatic N) is 1. The molecule has 38 heavy (non-hydrogen) atoms. The third-order valence-corrected chi connectivity index (χ3v) is 6.52. The average molecular weight is 630 g/mol. The van der Waals surface area contributed by atoms with E-state index < -0.39 is 35.7 Å². The van der Waals surface area contributed by atoms with Crippen molar-refractivity contribution in [3.05, 3.63) is 93.3 Å². The molecule has 3 N–H and O–H groups in total. The van der Waals surface area contributed by atoms with E-state index in [4.69, 9.17) is 4.74 Å². The number of halogens is 2. The molecule has 1 heterocycles. The van der Waals surface area contributed by atoms with Gasteiger partial charge in [-0.1, -0.05) is 42.5 Å². The Kier molecular flexibility index (Phi) is 8.69. The standard InChI is InChI=1S/C27H24FIN4O5/c1-38-15-23(34)30-19-10-7-17(8-11-19)24-26(36)33(27(37)32-24)22(13-16-5-3-2-4-6-16)25(35)31-21-12-9-18(29)14-20(21)28/h2-12,14,22,24H,13,15H2,1H3,(H,30,34)(H,31,35)(H,32,37)/t22-,24+/m0/s1. The van der Waals surface area contributed by atoms with E-state index >= 15 is 0 Å². The van der Waals surface area contributed by atoms with E-state index in [2.05, 4.69) is 16.0 Å². The highest BCUT2D eigenvalue weighted by Gasteiger charge is 2.45. The minimum atomic E-state index is -1.24. The lowest BCUT2D eigenvalue weighted by molar-refractivity contribution is -0.134. The van der Waals surface area contributed by atoms with Gasteiger partial charge in [-0.3, -0.25) is 14.4 Å². The fraction of sp³-hybridized carbons (Fsp3) is 0.185. The fourth-order valence-electron chi connectivity index (χ4n) is 4.05. The van der Waals surface area contributed by atoms with Crippen LogP contribution in [0.1, 0.15) is 17.2 Å². The molecular formula is C27H24FIN4O5. The number of rotatable bonds is 9. The summed E-state index contributed by atoms with van der Waals surface area (Å²) < 4.78 is 19.9. The number of hydrogen-bond acceptors (Lipinski definition) is 5. The van der Waals surface area contributed by atoms with Crippen LogP contribution in [0, 0.1) is 9.39 Å². The Morgan fingerprint density at radius 1 is 1.05 bits per heavy atom. The van der Waals surface area contributed by atoms with E-state index in [9.17, 15) is 23.6 Å². The summed E-state index contributed by atoms with van der Waals surface area (Å²) in [5.41, 5.74) is 1.63. The predicted octanol–water partition coefficient (Wildman–Crippen LogP) is 3.86. The third kappa shape index (κ3) is 6.34. The van der Waals surface area contributed by atoms with Gasteiger partial charge in [0.25, 0.3) is 5.91 Å². The number of nitrogens with one attached hydrogen (secondary N) is 3. The topological polar surface area (TPSA) is 117 Å². The molecule has 3 aromatic carbocycles. The van der Waals surface area contributed by atoms with Crippen LogP contribution >= 0.6 is 22.6 Å². The van der Waals surface area contributed by atoms with Crippen LogP contribution < -0.4 is 16.0 Å². The summed E-state index contributed by atoms with van der Waals surface area (Å²) in [7, 11) is 1.41. The highest BCUT2D eigenvalue weighted by atomic mass is 127. The van der Waals surface area contributed by atoms with Gasteiger partial charge in [-0.05, 0) is 64.0 Å². The first kappa shape index (κ1) is 27.2. The van der Waals surface area contributed by atoms with Crippen molar-refractivity contribution in [1.82, 2.24) is 10.2 Å². The number of ether oxygens (including phenoxy) is 1. The van der Waals surface area contributed by atoms with E-state index in [1.807, 2.05) is 28.7 Å². The Hall–Kier alpha value is -3.84. The van der Waals surface area contributed by atoms with E-state index in [1.165, 1.54) is 19.2 Å². The minimum Gasteiger partial charge on any atom is -0.375 e. The molecule has 0 aliphatic carbocycles. The second-order valence-corrected chi connectivity index (χ2v) is 9.76.